The molecule has 1 aliphatic carbocycles. The lowest BCUT2D eigenvalue weighted by Gasteiger charge is -2.39. The van der Waals surface area contributed by atoms with Crippen molar-refractivity contribution in [2.75, 3.05) is 26.2 Å². The van der Waals surface area contributed by atoms with Crippen molar-refractivity contribution in [1.29, 1.82) is 0 Å². The van der Waals surface area contributed by atoms with Crippen LogP contribution in [-0.4, -0.2) is 47.9 Å². The lowest BCUT2D eigenvalue weighted by molar-refractivity contribution is -0.132. The molecule has 1 aromatic rings. The Hall–Kier alpha value is -1.35. The van der Waals surface area contributed by atoms with E-state index < -0.39 is 0 Å². The molecular weight excluding hydrogens is 284 g/mol. The van der Waals surface area contributed by atoms with Crippen molar-refractivity contribution < 1.29 is 4.79 Å². The standard InChI is InChI=1S/C20H30N2O/c1-17-8-10-18(11-9-17)16-20(23)22-14-12-21(13-15-22)19-6-4-2-3-5-7-19/h8-11,19H,2-7,12-16H2,1H3. The number of nitrogens with zero attached hydrogens (tertiary/aromatic N) is 2. The van der Waals surface area contributed by atoms with E-state index in [1.807, 2.05) is 0 Å². The Morgan fingerprint density at radius 3 is 2.17 bits per heavy atom. The first kappa shape index (κ1) is 16.5. The highest BCUT2D eigenvalue weighted by atomic mass is 16.2. The van der Waals surface area contributed by atoms with Crippen molar-refractivity contribution in [2.24, 2.45) is 0 Å². The summed E-state index contributed by atoms with van der Waals surface area (Å²) < 4.78 is 0. The summed E-state index contributed by atoms with van der Waals surface area (Å²) in [4.78, 5) is 17.2. The van der Waals surface area contributed by atoms with Gasteiger partial charge in [-0.25, -0.2) is 0 Å². The Bertz CT molecular complexity index is 495. The predicted octanol–water partition coefficient (Wildman–Crippen LogP) is 3.40. The molecule has 3 heteroatoms. The van der Waals surface area contributed by atoms with Gasteiger partial charge in [0.2, 0.25) is 5.91 Å². The maximum absolute atomic E-state index is 12.5. The number of carbonyl (C=O) groups excluding carboxylic acids is 1. The zero-order valence-electron chi connectivity index (χ0n) is 14.5. The van der Waals surface area contributed by atoms with Crippen LogP contribution in [0.15, 0.2) is 24.3 Å². The molecule has 1 aliphatic heterocycles. The number of aryl methyl sites for hydroxylation is 1. The van der Waals surface area contributed by atoms with Gasteiger partial charge in [0, 0.05) is 32.2 Å². The Balaban J connectivity index is 1.48. The van der Waals surface area contributed by atoms with Crippen LogP contribution in [0, 0.1) is 6.92 Å². The van der Waals surface area contributed by atoms with Crippen molar-refractivity contribution in [2.45, 2.75) is 57.9 Å². The molecule has 0 atom stereocenters. The van der Waals surface area contributed by atoms with Crippen LogP contribution in [-0.2, 0) is 11.2 Å². The Kier molecular flexibility index (Phi) is 5.71. The van der Waals surface area contributed by atoms with Crippen LogP contribution < -0.4 is 0 Å². The van der Waals surface area contributed by atoms with E-state index in [4.69, 9.17) is 0 Å². The number of amides is 1. The summed E-state index contributed by atoms with van der Waals surface area (Å²) in [5.41, 5.74) is 2.38. The maximum atomic E-state index is 12.5. The normalized spacial score (nSPS) is 21.2. The van der Waals surface area contributed by atoms with E-state index in [0.717, 1.165) is 37.8 Å². The molecule has 0 bridgehead atoms. The molecule has 23 heavy (non-hydrogen) atoms. The van der Waals surface area contributed by atoms with Gasteiger partial charge in [-0.3, -0.25) is 9.69 Å². The zero-order valence-corrected chi connectivity index (χ0v) is 14.5. The quantitative estimate of drug-likeness (QED) is 0.798. The highest BCUT2D eigenvalue weighted by Gasteiger charge is 2.26. The van der Waals surface area contributed by atoms with Crippen LogP contribution in [0.2, 0.25) is 0 Å². The van der Waals surface area contributed by atoms with Crippen LogP contribution in [0.25, 0.3) is 0 Å². The molecule has 1 heterocycles. The first-order valence-electron chi connectivity index (χ1n) is 9.30. The molecule has 1 aromatic carbocycles. The minimum absolute atomic E-state index is 0.286. The van der Waals surface area contributed by atoms with E-state index in [-0.39, 0.29) is 5.91 Å². The van der Waals surface area contributed by atoms with Crippen LogP contribution in [0.4, 0.5) is 0 Å². The van der Waals surface area contributed by atoms with E-state index in [1.54, 1.807) is 0 Å². The van der Waals surface area contributed by atoms with Crippen molar-refractivity contribution in [3.05, 3.63) is 35.4 Å². The monoisotopic (exact) mass is 314 g/mol. The zero-order chi connectivity index (χ0) is 16.1. The summed E-state index contributed by atoms with van der Waals surface area (Å²) in [5, 5.41) is 0. The van der Waals surface area contributed by atoms with Crippen molar-refractivity contribution in [3.8, 4) is 0 Å². The first-order chi connectivity index (χ1) is 11.2. The predicted molar refractivity (Wildman–Crippen MR) is 94.5 cm³/mol. The lowest BCUT2D eigenvalue weighted by atomic mass is 10.1. The van der Waals surface area contributed by atoms with Gasteiger partial charge in [0.25, 0.3) is 0 Å². The van der Waals surface area contributed by atoms with Crippen molar-refractivity contribution in [1.82, 2.24) is 9.80 Å². The molecule has 0 aromatic heterocycles. The van der Waals surface area contributed by atoms with E-state index in [1.165, 1.54) is 44.1 Å². The third-order valence-corrected chi connectivity index (χ3v) is 5.48. The molecule has 3 rings (SSSR count). The second-order valence-electron chi connectivity index (χ2n) is 7.22. The number of hydrogen-bond donors (Lipinski definition) is 0. The highest BCUT2D eigenvalue weighted by molar-refractivity contribution is 5.78. The minimum Gasteiger partial charge on any atom is -0.340 e. The van der Waals surface area contributed by atoms with Gasteiger partial charge in [0.05, 0.1) is 6.42 Å². The van der Waals surface area contributed by atoms with E-state index in [0.29, 0.717) is 6.42 Å². The molecule has 0 unspecified atom stereocenters. The molecule has 2 fully saturated rings. The van der Waals surface area contributed by atoms with Crippen molar-refractivity contribution in [3.63, 3.8) is 0 Å². The largest absolute Gasteiger partial charge is 0.340 e. The summed E-state index contributed by atoms with van der Waals surface area (Å²) >= 11 is 0. The third-order valence-electron chi connectivity index (χ3n) is 5.48. The number of hydrogen-bond acceptors (Lipinski definition) is 2. The van der Waals surface area contributed by atoms with E-state index in [2.05, 4.69) is 41.0 Å². The van der Waals surface area contributed by atoms with Gasteiger partial charge in [-0.1, -0.05) is 55.5 Å². The summed E-state index contributed by atoms with van der Waals surface area (Å²) in [5.74, 6) is 0.286. The number of rotatable bonds is 3. The number of piperazine rings is 1. The van der Waals surface area contributed by atoms with Gasteiger partial charge in [0.1, 0.15) is 0 Å². The van der Waals surface area contributed by atoms with Gasteiger partial charge in [0.15, 0.2) is 0 Å². The minimum atomic E-state index is 0.286. The summed E-state index contributed by atoms with van der Waals surface area (Å²) in [6.45, 7) is 6.01. The average Bonchev–Trinajstić information content (AvgIpc) is 2.86. The Morgan fingerprint density at radius 2 is 1.57 bits per heavy atom. The molecule has 126 valence electrons. The summed E-state index contributed by atoms with van der Waals surface area (Å²) in [6, 6.07) is 9.11. The third kappa shape index (κ3) is 4.57. The SMILES string of the molecule is Cc1ccc(CC(=O)N2CCN(C3CCCCCC3)CC2)cc1. The smallest absolute Gasteiger partial charge is 0.227 e. The molecule has 0 spiro atoms. The van der Waals surface area contributed by atoms with Gasteiger partial charge in [-0.15, -0.1) is 0 Å². The number of benzene rings is 1. The van der Waals surface area contributed by atoms with Gasteiger partial charge in [-0.2, -0.15) is 0 Å². The first-order valence-corrected chi connectivity index (χ1v) is 9.30. The highest BCUT2D eigenvalue weighted by Crippen LogP contribution is 2.23. The molecular formula is C20H30N2O. The Labute approximate surface area is 140 Å². The van der Waals surface area contributed by atoms with Gasteiger partial charge < -0.3 is 4.90 Å². The van der Waals surface area contributed by atoms with Crippen LogP contribution in [0.1, 0.15) is 49.7 Å². The molecule has 2 aliphatic rings. The lowest BCUT2D eigenvalue weighted by Crippen LogP contribution is -2.52. The molecule has 0 radical (unpaired) electrons. The van der Waals surface area contributed by atoms with Crippen molar-refractivity contribution >= 4 is 5.91 Å². The van der Waals surface area contributed by atoms with Gasteiger partial charge in [-0.05, 0) is 25.3 Å². The number of carbonyl (C=O) groups is 1. The molecule has 1 saturated carbocycles. The molecule has 3 nitrogen and oxygen atoms in total. The molecule has 0 N–H and O–H groups in total. The topological polar surface area (TPSA) is 23.6 Å². The summed E-state index contributed by atoms with van der Waals surface area (Å²) in [7, 11) is 0. The average molecular weight is 314 g/mol. The fourth-order valence-corrected chi connectivity index (χ4v) is 3.95. The van der Waals surface area contributed by atoms with Crippen LogP contribution >= 0.6 is 0 Å². The second-order valence-corrected chi connectivity index (χ2v) is 7.22. The summed E-state index contributed by atoms with van der Waals surface area (Å²) in [6.07, 6.45) is 8.85. The fourth-order valence-electron chi connectivity index (χ4n) is 3.95. The van der Waals surface area contributed by atoms with Gasteiger partial charge >= 0.3 is 0 Å². The van der Waals surface area contributed by atoms with E-state index >= 15 is 0 Å². The Morgan fingerprint density at radius 1 is 0.957 bits per heavy atom. The van der Waals surface area contributed by atoms with Crippen LogP contribution in [0.3, 0.4) is 0 Å². The molecule has 1 saturated heterocycles. The van der Waals surface area contributed by atoms with Crippen LogP contribution in [0.5, 0.6) is 0 Å². The molecule has 1 amide bonds. The second kappa shape index (κ2) is 7.96. The maximum Gasteiger partial charge on any atom is 0.227 e. The fraction of sp³-hybridized carbons (Fsp3) is 0.650. The van der Waals surface area contributed by atoms with E-state index in [9.17, 15) is 4.79 Å².